The van der Waals surface area contributed by atoms with Crippen LogP contribution in [0.3, 0.4) is 0 Å². The highest BCUT2D eigenvalue weighted by Crippen LogP contribution is 2.33. The molecule has 0 bridgehead atoms. The Kier molecular flexibility index (Phi) is 2.60. The molecule has 3 aromatic rings. The summed E-state index contributed by atoms with van der Waals surface area (Å²) in [4.78, 5) is 4.56. The van der Waals surface area contributed by atoms with Gasteiger partial charge in [0.05, 0.1) is 10.2 Å². The summed E-state index contributed by atoms with van der Waals surface area (Å²) in [6.07, 6.45) is 0. The van der Waals surface area contributed by atoms with E-state index >= 15 is 0 Å². The third-order valence-electron chi connectivity index (χ3n) is 2.51. The van der Waals surface area contributed by atoms with Crippen LogP contribution in [0.5, 0.6) is 0 Å². The van der Waals surface area contributed by atoms with Crippen LogP contribution in [0.1, 0.15) is 5.82 Å². The monoisotopic (exact) mass is 262 g/mol. The molecule has 0 unspecified atom stereocenters. The Morgan fingerprint density at radius 2 is 2.06 bits per heavy atom. The summed E-state index contributed by atoms with van der Waals surface area (Å²) in [5, 5.41) is 9.04. The van der Waals surface area contributed by atoms with Crippen molar-refractivity contribution in [1.29, 1.82) is 0 Å². The summed E-state index contributed by atoms with van der Waals surface area (Å²) in [7, 11) is 1.96. The molecule has 0 N–H and O–H groups in total. The lowest BCUT2D eigenvalue weighted by Crippen LogP contribution is -1.92. The molecule has 17 heavy (non-hydrogen) atoms. The van der Waals surface area contributed by atoms with Crippen molar-refractivity contribution >= 4 is 33.3 Å². The van der Waals surface area contributed by atoms with Crippen LogP contribution in [0, 0.1) is 6.92 Å². The Morgan fingerprint density at radius 1 is 1.24 bits per heavy atom. The molecule has 2 aromatic heterocycles. The topological polar surface area (TPSA) is 43.6 Å². The van der Waals surface area contributed by atoms with Crippen LogP contribution in [0.15, 0.2) is 33.8 Å². The van der Waals surface area contributed by atoms with Gasteiger partial charge in [0.2, 0.25) is 0 Å². The molecule has 2 heterocycles. The van der Waals surface area contributed by atoms with Gasteiger partial charge < -0.3 is 4.57 Å². The van der Waals surface area contributed by atoms with Gasteiger partial charge in [-0.05, 0) is 30.8 Å². The Labute approximate surface area is 107 Å². The fourth-order valence-electron chi connectivity index (χ4n) is 1.45. The molecular weight excluding hydrogens is 252 g/mol. The van der Waals surface area contributed by atoms with E-state index in [-0.39, 0.29) is 0 Å². The zero-order valence-electron chi connectivity index (χ0n) is 9.41. The van der Waals surface area contributed by atoms with Crippen molar-refractivity contribution in [1.82, 2.24) is 19.7 Å². The quantitative estimate of drug-likeness (QED) is 0.712. The van der Waals surface area contributed by atoms with E-state index in [1.54, 1.807) is 23.1 Å². The predicted molar refractivity (Wildman–Crippen MR) is 69.5 cm³/mol. The van der Waals surface area contributed by atoms with E-state index in [1.807, 2.05) is 36.7 Å². The second-order valence-corrected chi connectivity index (χ2v) is 5.88. The van der Waals surface area contributed by atoms with Crippen molar-refractivity contribution in [2.75, 3.05) is 0 Å². The molecule has 3 rings (SSSR count). The van der Waals surface area contributed by atoms with E-state index < -0.39 is 0 Å². The highest BCUT2D eigenvalue weighted by Gasteiger charge is 2.10. The maximum Gasteiger partial charge on any atom is 0.198 e. The van der Waals surface area contributed by atoms with Crippen LogP contribution < -0.4 is 0 Å². The van der Waals surface area contributed by atoms with Crippen molar-refractivity contribution in [3.63, 3.8) is 0 Å². The first-order valence-electron chi connectivity index (χ1n) is 5.13. The second-order valence-electron chi connectivity index (χ2n) is 3.64. The Hall–Kier alpha value is -1.40. The maximum absolute atomic E-state index is 4.56. The molecule has 0 saturated carbocycles. The number of hydrogen-bond acceptors (Lipinski definition) is 5. The molecule has 0 aliphatic rings. The number of fused-ring (bicyclic) bond motifs is 1. The molecule has 0 fully saturated rings. The van der Waals surface area contributed by atoms with Crippen LogP contribution in [0.25, 0.3) is 10.2 Å². The van der Waals surface area contributed by atoms with Crippen LogP contribution in [-0.2, 0) is 7.05 Å². The average molecular weight is 262 g/mol. The molecule has 0 amide bonds. The van der Waals surface area contributed by atoms with Gasteiger partial charge in [0.1, 0.15) is 5.82 Å². The SMILES string of the molecule is Cc1nnc(Sc2nc3ccccc3s2)n1C. The van der Waals surface area contributed by atoms with Crippen LogP contribution >= 0.6 is 23.1 Å². The van der Waals surface area contributed by atoms with E-state index in [2.05, 4.69) is 21.2 Å². The van der Waals surface area contributed by atoms with Gasteiger partial charge in [-0.3, -0.25) is 0 Å². The largest absolute Gasteiger partial charge is 0.309 e. The fraction of sp³-hybridized carbons (Fsp3) is 0.182. The molecule has 1 aromatic carbocycles. The van der Waals surface area contributed by atoms with Gasteiger partial charge in [-0.2, -0.15) is 0 Å². The normalized spacial score (nSPS) is 11.2. The first kappa shape index (κ1) is 10.7. The average Bonchev–Trinajstić information content (AvgIpc) is 2.87. The van der Waals surface area contributed by atoms with Crippen LogP contribution in [-0.4, -0.2) is 19.7 Å². The zero-order valence-corrected chi connectivity index (χ0v) is 11.0. The third kappa shape index (κ3) is 1.94. The summed E-state index contributed by atoms with van der Waals surface area (Å²) >= 11 is 3.24. The number of benzene rings is 1. The molecule has 0 aliphatic carbocycles. The number of hydrogen-bond donors (Lipinski definition) is 0. The molecule has 86 valence electrons. The van der Waals surface area contributed by atoms with Gasteiger partial charge in [-0.1, -0.05) is 12.1 Å². The summed E-state index contributed by atoms with van der Waals surface area (Å²) in [5.74, 6) is 0.911. The number of aryl methyl sites for hydroxylation is 1. The molecular formula is C11H10N4S2. The standard InChI is InChI=1S/C11H10N4S2/c1-7-13-14-10(15(7)2)17-11-12-8-5-3-4-6-9(8)16-11/h3-6H,1-2H3. The fourth-order valence-corrected chi connectivity index (χ4v) is 3.46. The van der Waals surface area contributed by atoms with Crippen molar-refractivity contribution in [2.24, 2.45) is 7.05 Å². The minimum atomic E-state index is 0.876. The van der Waals surface area contributed by atoms with E-state index in [4.69, 9.17) is 0 Å². The van der Waals surface area contributed by atoms with Crippen LogP contribution in [0.4, 0.5) is 0 Å². The molecule has 0 saturated heterocycles. The highest BCUT2D eigenvalue weighted by atomic mass is 32.2. The van der Waals surface area contributed by atoms with E-state index in [9.17, 15) is 0 Å². The highest BCUT2D eigenvalue weighted by molar-refractivity contribution is 8.01. The summed E-state index contributed by atoms with van der Waals surface area (Å²) in [5.41, 5.74) is 1.04. The molecule has 0 spiro atoms. The molecule has 0 radical (unpaired) electrons. The Morgan fingerprint density at radius 3 is 2.76 bits per heavy atom. The lowest BCUT2D eigenvalue weighted by Gasteiger charge is -1.96. The molecule has 0 atom stereocenters. The van der Waals surface area contributed by atoms with Gasteiger partial charge in [0.15, 0.2) is 9.50 Å². The number of aromatic nitrogens is 4. The minimum absolute atomic E-state index is 0.876. The van der Waals surface area contributed by atoms with Gasteiger partial charge in [0, 0.05) is 7.05 Å². The second kappa shape index (κ2) is 4.12. The Bertz CT molecular complexity index is 638. The van der Waals surface area contributed by atoms with Crippen molar-refractivity contribution < 1.29 is 0 Å². The van der Waals surface area contributed by atoms with Crippen molar-refractivity contribution in [3.05, 3.63) is 30.1 Å². The van der Waals surface area contributed by atoms with Gasteiger partial charge >= 0.3 is 0 Å². The summed E-state index contributed by atoms with van der Waals surface area (Å²) in [6.45, 7) is 1.94. The number of nitrogens with zero attached hydrogens (tertiary/aromatic N) is 4. The van der Waals surface area contributed by atoms with Gasteiger partial charge in [-0.25, -0.2) is 4.98 Å². The van der Waals surface area contributed by atoms with Crippen molar-refractivity contribution in [3.8, 4) is 0 Å². The van der Waals surface area contributed by atoms with E-state index in [0.29, 0.717) is 0 Å². The number of thiazole rings is 1. The molecule has 0 aliphatic heterocycles. The van der Waals surface area contributed by atoms with Gasteiger partial charge in [0.25, 0.3) is 0 Å². The lowest BCUT2D eigenvalue weighted by molar-refractivity contribution is 0.765. The van der Waals surface area contributed by atoms with E-state index in [0.717, 1.165) is 20.8 Å². The zero-order chi connectivity index (χ0) is 11.8. The maximum atomic E-state index is 4.56. The molecule has 4 nitrogen and oxygen atoms in total. The predicted octanol–water partition coefficient (Wildman–Crippen LogP) is 2.88. The van der Waals surface area contributed by atoms with Crippen molar-refractivity contribution in [2.45, 2.75) is 16.4 Å². The summed E-state index contributed by atoms with van der Waals surface area (Å²) < 4.78 is 4.17. The first-order chi connectivity index (χ1) is 8.24. The summed E-state index contributed by atoms with van der Waals surface area (Å²) in [6, 6.07) is 8.14. The molecule has 6 heteroatoms. The smallest absolute Gasteiger partial charge is 0.198 e. The van der Waals surface area contributed by atoms with Gasteiger partial charge in [-0.15, -0.1) is 21.5 Å². The number of rotatable bonds is 2. The first-order valence-corrected chi connectivity index (χ1v) is 6.77. The number of para-hydroxylation sites is 1. The van der Waals surface area contributed by atoms with E-state index in [1.165, 1.54) is 4.70 Å². The Balaban J connectivity index is 1.97. The minimum Gasteiger partial charge on any atom is -0.309 e. The lowest BCUT2D eigenvalue weighted by atomic mass is 10.3. The third-order valence-corrected chi connectivity index (χ3v) is 4.64. The van der Waals surface area contributed by atoms with Crippen LogP contribution in [0.2, 0.25) is 0 Å².